The Kier molecular flexibility index (Phi) is 4.49. The van der Waals surface area contributed by atoms with Gasteiger partial charge in [-0.25, -0.2) is 4.98 Å². The Morgan fingerprint density at radius 2 is 2.47 bits per heavy atom. The van der Waals surface area contributed by atoms with E-state index in [-0.39, 0.29) is 5.91 Å². The lowest BCUT2D eigenvalue weighted by Gasteiger charge is -2.02. The van der Waals surface area contributed by atoms with Crippen LogP contribution < -0.4 is 5.32 Å². The summed E-state index contributed by atoms with van der Waals surface area (Å²) in [5.74, 6) is 0.839. The third-order valence-corrected chi connectivity index (χ3v) is 3.96. The average molecular weight is 362 g/mol. The Morgan fingerprint density at radius 3 is 3.12 bits per heavy atom. The first-order chi connectivity index (χ1) is 8.25. The number of aromatic nitrogens is 3. The number of thiophene rings is 1. The minimum absolute atomic E-state index is 0.0123. The standard InChI is InChI=1S/C10H11IN4OS/c11-8-4-7(5-17-8)10(16)12-3-1-2-9-13-6-14-15-9/h4-6H,1-3H2,(H,12,16)(H,13,14,15). The van der Waals surface area contributed by atoms with Crippen molar-refractivity contribution in [2.45, 2.75) is 12.8 Å². The van der Waals surface area contributed by atoms with E-state index in [0.29, 0.717) is 6.54 Å². The first-order valence-corrected chi connectivity index (χ1v) is 7.08. The molecule has 0 saturated carbocycles. The third-order valence-electron chi connectivity index (χ3n) is 2.17. The average Bonchev–Trinajstić information content (AvgIpc) is 2.95. The molecule has 0 spiro atoms. The largest absolute Gasteiger partial charge is 0.352 e. The number of rotatable bonds is 5. The molecule has 1 amide bonds. The van der Waals surface area contributed by atoms with Gasteiger partial charge in [-0.05, 0) is 35.1 Å². The van der Waals surface area contributed by atoms with Gasteiger partial charge in [0.05, 0.1) is 8.45 Å². The Bertz CT molecular complexity index is 482. The predicted molar refractivity (Wildman–Crippen MR) is 74.1 cm³/mol. The normalized spacial score (nSPS) is 10.4. The number of amides is 1. The third kappa shape index (κ3) is 3.77. The van der Waals surface area contributed by atoms with Crippen molar-refractivity contribution >= 4 is 39.8 Å². The van der Waals surface area contributed by atoms with Gasteiger partial charge in [-0.3, -0.25) is 9.89 Å². The van der Waals surface area contributed by atoms with Crippen molar-refractivity contribution in [2.24, 2.45) is 0 Å². The summed E-state index contributed by atoms with van der Waals surface area (Å²) >= 11 is 3.78. The first-order valence-electron chi connectivity index (χ1n) is 5.12. The van der Waals surface area contributed by atoms with E-state index in [2.05, 4.69) is 43.1 Å². The smallest absolute Gasteiger partial charge is 0.252 e. The molecule has 0 fully saturated rings. The molecule has 2 rings (SSSR count). The van der Waals surface area contributed by atoms with Gasteiger partial charge in [0, 0.05) is 18.3 Å². The van der Waals surface area contributed by atoms with E-state index in [0.717, 1.165) is 27.1 Å². The molecule has 0 atom stereocenters. The molecule has 17 heavy (non-hydrogen) atoms. The molecule has 0 aliphatic rings. The second kappa shape index (κ2) is 6.10. The minimum atomic E-state index is -0.0123. The van der Waals surface area contributed by atoms with Gasteiger partial charge in [0.2, 0.25) is 0 Å². The summed E-state index contributed by atoms with van der Waals surface area (Å²) in [6.45, 7) is 0.645. The van der Waals surface area contributed by atoms with Crippen molar-refractivity contribution in [3.05, 3.63) is 32.0 Å². The van der Waals surface area contributed by atoms with Crippen LogP contribution in [-0.4, -0.2) is 27.6 Å². The molecule has 0 saturated heterocycles. The minimum Gasteiger partial charge on any atom is -0.352 e. The fourth-order valence-corrected chi connectivity index (χ4v) is 2.67. The molecule has 0 radical (unpaired) electrons. The number of halogens is 1. The van der Waals surface area contributed by atoms with Crippen molar-refractivity contribution in [3.8, 4) is 0 Å². The zero-order valence-electron chi connectivity index (χ0n) is 8.94. The number of carbonyl (C=O) groups is 1. The van der Waals surface area contributed by atoms with Crippen molar-refractivity contribution in [3.63, 3.8) is 0 Å². The molecule has 0 aromatic carbocycles. The maximum atomic E-state index is 11.7. The van der Waals surface area contributed by atoms with Crippen LogP contribution in [0.2, 0.25) is 0 Å². The van der Waals surface area contributed by atoms with Crippen LogP contribution in [0.15, 0.2) is 17.8 Å². The van der Waals surface area contributed by atoms with Gasteiger partial charge in [-0.2, -0.15) is 5.10 Å². The molecular weight excluding hydrogens is 351 g/mol. The first kappa shape index (κ1) is 12.5. The number of carbonyl (C=O) groups excluding carboxylic acids is 1. The molecule has 2 heterocycles. The highest BCUT2D eigenvalue weighted by molar-refractivity contribution is 14.1. The fourth-order valence-electron chi connectivity index (χ4n) is 1.34. The number of nitrogens with one attached hydrogen (secondary N) is 2. The molecule has 0 bridgehead atoms. The van der Waals surface area contributed by atoms with E-state index in [1.165, 1.54) is 6.33 Å². The van der Waals surface area contributed by atoms with Gasteiger partial charge in [-0.1, -0.05) is 0 Å². The van der Waals surface area contributed by atoms with Crippen molar-refractivity contribution in [2.75, 3.05) is 6.54 Å². The summed E-state index contributed by atoms with van der Waals surface area (Å²) in [4.78, 5) is 15.7. The zero-order valence-corrected chi connectivity index (χ0v) is 11.9. The van der Waals surface area contributed by atoms with E-state index in [4.69, 9.17) is 0 Å². The molecule has 5 nitrogen and oxygen atoms in total. The summed E-state index contributed by atoms with van der Waals surface area (Å²) in [5, 5.41) is 11.3. The van der Waals surface area contributed by atoms with Crippen LogP contribution >= 0.6 is 33.9 Å². The summed E-state index contributed by atoms with van der Waals surface area (Å²) in [6.07, 6.45) is 3.13. The highest BCUT2D eigenvalue weighted by Crippen LogP contribution is 2.16. The Morgan fingerprint density at radius 1 is 1.59 bits per heavy atom. The van der Waals surface area contributed by atoms with Crippen LogP contribution in [0, 0.1) is 2.88 Å². The maximum absolute atomic E-state index is 11.7. The van der Waals surface area contributed by atoms with Gasteiger partial charge in [-0.15, -0.1) is 11.3 Å². The van der Waals surface area contributed by atoms with Gasteiger partial charge >= 0.3 is 0 Å². The lowest BCUT2D eigenvalue weighted by Crippen LogP contribution is -2.24. The molecule has 0 unspecified atom stereocenters. The summed E-state index contributed by atoms with van der Waals surface area (Å²) in [6, 6.07) is 1.89. The molecule has 90 valence electrons. The zero-order chi connectivity index (χ0) is 12.1. The lowest BCUT2D eigenvalue weighted by atomic mass is 10.3. The van der Waals surface area contributed by atoms with Crippen LogP contribution in [0.4, 0.5) is 0 Å². The number of aromatic amines is 1. The van der Waals surface area contributed by atoms with Gasteiger partial charge in [0.1, 0.15) is 12.2 Å². The van der Waals surface area contributed by atoms with E-state index in [9.17, 15) is 4.79 Å². The molecule has 2 N–H and O–H groups in total. The lowest BCUT2D eigenvalue weighted by molar-refractivity contribution is 0.0953. The highest BCUT2D eigenvalue weighted by Gasteiger charge is 2.06. The number of hydrogen-bond acceptors (Lipinski definition) is 4. The molecule has 2 aromatic heterocycles. The topological polar surface area (TPSA) is 70.7 Å². The summed E-state index contributed by atoms with van der Waals surface area (Å²) in [5.41, 5.74) is 0.735. The highest BCUT2D eigenvalue weighted by atomic mass is 127. The van der Waals surface area contributed by atoms with E-state index in [1.807, 2.05) is 11.4 Å². The Labute approximate surface area is 116 Å². The van der Waals surface area contributed by atoms with E-state index < -0.39 is 0 Å². The molecular formula is C10H11IN4OS. The molecule has 0 aliphatic heterocycles. The van der Waals surface area contributed by atoms with Crippen LogP contribution in [0.5, 0.6) is 0 Å². The van der Waals surface area contributed by atoms with Gasteiger partial charge in [0.25, 0.3) is 5.91 Å². The molecule has 7 heteroatoms. The van der Waals surface area contributed by atoms with E-state index in [1.54, 1.807) is 11.3 Å². The molecule has 2 aromatic rings. The van der Waals surface area contributed by atoms with Crippen LogP contribution in [0.3, 0.4) is 0 Å². The van der Waals surface area contributed by atoms with Crippen LogP contribution in [-0.2, 0) is 6.42 Å². The Balaban J connectivity index is 1.70. The monoisotopic (exact) mass is 362 g/mol. The number of nitrogens with zero attached hydrogens (tertiary/aromatic N) is 2. The van der Waals surface area contributed by atoms with Gasteiger partial charge < -0.3 is 5.32 Å². The summed E-state index contributed by atoms with van der Waals surface area (Å²) in [7, 11) is 0. The fraction of sp³-hybridized carbons (Fsp3) is 0.300. The van der Waals surface area contributed by atoms with Crippen molar-refractivity contribution < 1.29 is 4.79 Å². The Hall–Kier alpha value is -0.960. The maximum Gasteiger partial charge on any atom is 0.252 e. The SMILES string of the molecule is O=C(NCCCc1ncn[nH]1)c1csc(I)c1. The quantitative estimate of drug-likeness (QED) is 0.630. The van der Waals surface area contributed by atoms with Gasteiger partial charge in [0.15, 0.2) is 0 Å². The number of aryl methyl sites for hydroxylation is 1. The van der Waals surface area contributed by atoms with Crippen LogP contribution in [0.25, 0.3) is 0 Å². The van der Waals surface area contributed by atoms with Crippen molar-refractivity contribution in [1.82, 2.24) is 20.5 Å². The van der Waals surface area contributed by atoms with Crippen LogP contribution in [0.1, 0.15) is 22.6 Å². The van der Waals surface area contributed by atoms with E-state index >= 15 is 0 Å². The van der Waals surface area contributed by atoms with Crippen molar-refractivity contribution in [1.29, 1.82) is 0 Å². The molecule has 0 aliphatic carbocycles. The number of H-pyrrole nitrogens is 1. The second-order valence-electron chi connectivity index (χ2n) is 3.43. The summed E-state index contributed by atoms with van der Waals surface area (Å²) < 4.78 is 1.12. The predicted octanol–water partition coefficient (Wildman–Crippen LogP) is 1.83. The second-order valence-corrected chi connectivity index (χ2v) is 6.24. The number of hydrogen-bond donors (Lipinski definition) is 2.